The van der Waals surface area contributed by atoms with Crippen LogP contribution in [0.15, 0.2) is 0 Å². The number of rotatable bonds is 28. The molecule has 0 saturated heterocycles. The molecule has 3 atom stereocenters. The summed E-state index contributed by atoms with van der Waals surface area (Å²) in [6.45, 7) is 11.0. The number of ether oxygens (including phenoxy) is 1. The van der Waals surface area contributed by atoms with Crippen LogP contribution in [0.4, 0.5) is 9.59 Å². The Hall–Kier alpha value is -0.790. The summed E-state index contributed by atoms with van der Waals surface area (Å²) in [6.07, 6.45) is 23.4. The van der Waals surface area contributed by atoms with Crippen LogP contribution in [-0.2, 0) is 9.57 Å². The number of hydrogen-bond donors (Lipinski definition) is 0. The summed E-state index contributed by atoms with van der Waals surface area (Å²) in [5, 5.41) is 0.644. The van der Waals surface area contributed by atoms with E-state index >= 15 is 0 Å². The lowest BCUT2D eigenvalue weighted by Crippen LogP contribution is -2.41. The van der Waals surface area contributed by atoms with Crippen LogP contribution in [0.2, 0.25) is 0 Å². The van der Waals surface area contributed by atoms with Gasteiger partial charge in [0.15, 0.2) is 0 Å². The summed E-state index contributed by atoms with van der Waals surface area (Å²) in [7, 11) is 4.01. The molecule has 0 fully saturated rings. The predicted octanol–water partition coefficient (Wildman–Crippen LogP) is 11.6. The van der Waals surface area contributed by atoms with E-state index in [1.165, 1.54) is 64.2 Å². The average Bonchev–Trinajstić information content (AvgIpc) is 2.97. The Bertz CT molecular complexity index is 634. The number of carbonyl (C=O) groups is 2. The Morgan fingerprint density at radius 3 is 1.38 bits per heavy atom. The first-order chi connectivity index (χ1) is 20.3. The van der Waals surface area contributed by atoms with Gasteiger partial charge >= 0.3 is 11.3 Å². The molecule has 0 heterocycles. The van der Waals surface area contributed by atoms with Gasteiger partial charge in [-0.1, -0.05) is 142 Å². The van der Waals surface area contributed by atoms with Crippen molar-refractivity contribution in [2.75, 3.05) is 19.8 Å². The van der Waals surface area contributed by atoms with Gasteiger partial charge in [-0.2, -0.15) is 0 Å². The Morgan fingerprint density at radius 1 is 0.595 bits per heavy atom. The number of imide groups is 1. The van der Waals surface area contributed by atoms with Crippen LogP contribution in [0.25, 0.3) is 0 Å². The summed E-state index contributed by atoms with van der Waals surface area (Å²) in [4.78, 5) is 35.6. The minimum absolute atomic E-state index is 0.149. The fraction of sp³-hybridized carbons (Fsp3) is 0.943. The molecule has 0 aromatic rings. The van der Waals surface area contributed by atoms with Gasteiger partial charge in [0, 0.05) is 11.8 Å². The zero-order valence-electron chi connectivity index (χ0n) is 28.9. The van der Waals surface area contributed by atoms with Gasteiger partial charge in [0.05, 0.1) is 6.10 Å². The normalized spacial score (nSPS) is 13.7. The van der Waals surface area contributed by atoms with Gasteiger partial charge < -0.3 is 9.64 Å². The number of carbonyl (C=O) groups excluding carboxylic acids is 2. The second-order valence-corrected chi connectivity index (χ2v) is 13.5. The molecule has 0 saturated carbocycles. The zero-order chi connectivity index (χ0) is 31.4. The highest BCUT2D eigenvalue weighted by atomic mass is 32.2. The van der Waals surface area contributed by atoms with Crippen molar-refractivity contribution in [3.63, 3.8) is 0 Å². The van der Waals surface area contributed by atoms with E-state index in [1.54, 1.807) is 0 Å². The number of unbranched alkanes of at least 4 members (excludes halogenated alkanes) is 14. The molecule has 0 aliphatic heterocycles. The number of nitrogens with zero attached hydrogens (tertiary/aromatic N) is 2. The van der Waals surface area contributed by atoms with E-state index in [0.717, 1.165) is 93.9 Å². The van der Waals surface area contributed by atoms with E-state index in [-0.39, 0.29) is 23.5 Å². The van der Waals surface area contributed by atoms with Crippen molar-refractivity contribution in [2.24, 2.45) is 0 Å². The van der Waals surface area contributed by atoms with Crippen LogP contribution < -0.4 is 0 Å². The van der Waals surface area contributed by atoms with Crippen molar-refractivity contribution in [3.8, 4) is 0 Å². The first-order valence-electron chi connectivity index (χ1n) is 17.8. The fourth-order valence-electron chi connectivity index (χ4n) is 4.96. The molecule has 0 aromatic carbocycles. The van der Waals surface area contributed by atoms with Gasteiger partial charge in [-0.25, -0.2) is 4.79 Å². The van der Waals surface area contributed by atoms with Crippen molar-refractivity contribution in [1.29, 1.82) is 0 Å². The largest absolute Gasteiger partial charge is 0.444 e. The molecular weight excluding hydrogens is 544 g/mol. The lowest BCUT2D eigenvalue weighted by molar-refractivity contribution is -0.145. The predicted molar refractivity (Wildman–Crippen MR) is 182 cm³/mol. The molecule has 0 radical (unpaired) electrons. The maximum atomic E-state index is 13.7. The van der Waals surface area contributed by atoms with Crippen molar-refractivity contribution in [2.45, 2.75) is 194 Å². The maximum absolute atomic E-state index is 13.7. The molecule has 250 valence electrons. The third-order valence-electron chi connectivity index (χ3n) is 8.20. The van der Waals surface area contributed by atoms with Crippen LogP contribution in [-0.4, -0.2) is 59.4 Å². The Balaban J connectivity index is 5.61. The second kappa shape index (κ2) is 29.0. The number of thioether (sulfide) groups is 1. The first-order valence-corrected chi connectivity index (χ1v) is 18.8. The summed E-state index contributed by atoms with van der Waals surface area (Å²) in [5.74, 6) is 0.592. The first kappa shape index (κ1) is 41.2. The number of hydroxylamine groups is 2. The highest BCUT2D eigenvalue weighted by Gasteiger charge is 2.31. The van der Waals surface area contributed by atoms with Crippen LogP contribution in [0.1, 0.15) is 176 Å². The van der Waals surface area contributed by atoms with E-state index in [1.807, 2.05) is 14.1 Å². The maximum Gasteiger partial charge on any atom is 0.442 e. The number of hydrogen-bond acceptors (Lipinski definition) is 6. The molecule has 42 heavy (non-hydrogen) atoms. The van der Waals surface area contributed by atoms with Crippen molar-refractivity contribution in [3.05, 3.63) is 0 Å². The SMILES string of the molecule is CCCCCCCC(CCCCCC)OC(=O)N(OC(CCCCCC)CCCCCCC)C(=O)SCC(C)N(C)C. The third kappa shape index (κ3) is 22.7. The van der Waals surface area contributed by atoms with E-state index in [9.17, 15) is 9.59 Å². The van der Waals surface area contributed by atoms with Gasteiger partial charge in [-0.3, -0.25) is 9.63 Å². The van der Waals surface area contributed by atoms with Crippen molar-refractivity contribution >= 4 is 23.1 Å². The highest BCUT2D eigenvalue weighted by Crippen LogP contribution is 2.23. The standard InChI is InChI=1S/C35H70N2O4S/c1-8-12-16-20-24-27-32(26-22-18-14-10-3)40-34(38)37(35(39)42-30-31(5)36(6)7)41-33(28-23-19-15-11-4)29-25-21-17-13-9-2/h31-33H,8-30H2,1-7H3. The third-order valence-corrected chi connectivity index (χ3v) is 9.26. The van der Waals surface area contributed by atoms with Crippen molar-refractivity contribution in [1.82, 2.24) is 9.96 Å². The van der Waals surface area contributed by atoms with E-state index in [2.05, 4.69) is 39.5 Å². The molecular formula is C35H70N2O4S. The van der Waals surface area contributed by atoms with Gasteiger partial charge in [0.2, 0.25) is 0 Å². The minimum atomic E-state index is -0.622. The molecule has 7 heteroatoms. The van der Waals surface area contributed by atoms with Gasteiger partial charge in [0.1, 0.15) is 6.10 Å². The quantitative estimate of drug-likeness (QED) is 0.0645. The van der Waals surface area contributed by atoms with Gasteiger partial charge in [-0.05, 0) is 59.5 Å². The van der Waals surface area contributed by atoms with Gasteiger partial charge in [-0.15, -0.1) is 5.06 Å². The Morgan fingerprint density at radius 2 is 0.976 bits per heavy atom. The number of amides is 2. The van der Waals surface area contributed by atoms with Crippen LogP contribution in [0.5, 0.6) is 0 Å². The molecule has 0 aromatic heterocycles. The molecule has 0 bridgehead atoms. The zero-order valence-corrected chi connectivity index (χ0v) is 29.7. The van der Waals surface area contributed by atoms with Crippen LogP contribution in [0.3, 0.4) is 0 Å². The lowest BCUT2D eigenvalue weighted by Gasteiger charge is -2.28. The molecule has 0 spiro atoms. The Labute approximate surface area is 265 Å². The fourth-order valence-corrected chi connectivity index (χ4v) is 5.88. The topological polar surface area (TPSA) is 59.1 Å². The molecule has 0 aliphatic rings. The second-order valence-electron chi connectivity index (χ2n) is 12.5. The van der Waals surface area contributed by atoms with E-state index in [4.69, 9.17) is 9.57 Å². The van der Waals surface area contributed by atoms with Crippen molar-refractivity contribution < 1.29 is 19.2 Å². The minimum Gasteiger partial charge on any atom is -0.444 e. The summed E-state index contributed by atoms with van der Waals surface area (Å²) < 4.78 is 6.09. The summed E-state index contributed by atoms with van der Waals surface area (Å²) in [6, 6.07) is 0.203. The lowest BCUT2D eigenvalue weighted by atomic mass is 10.0. The summed E-state index contributed by atoms with van der Waals surface area (Å²) >= 11 is 1.16. The van der Waals surface area contributed by atoms with E-state index in [0.29, 0.717) is 5.75 Å². The molecule has 0 N–H and O–H groups in total. The van der Waals surface area contributed by atoms with Crippen LogP contribution >= 0.6 is 11.8 Å². The Kier molecular flexibility index (Phi) is 28.4. The monoisotopic (exact) mass is 615 g/mol. The average molecular weight is 615 g/mol. The highest BCUT2D eigenvalue weighted by molar-refractivity contribution is 8.13. The molecule has 6 nitrogen and oxygen atoms in total. The van der Waals surface area contributed by atoms with E-state index < -0.39 is 6.09 Å². The van der Waals surface area contributed by atoms with Gasteiger partial charge in [0.25, 0.3) is 0 Å². The molecule has 0 rings (SSSR count). The summed E-state index contributed by atoms with van der Waals surface area (Å²) in [5.41, 5.74) is 0. The molecule has 3 unspecified atom stereocenters. The smallest absolute Gasteiger partial charge is 0.442 e. The molecule has 2 amide bonds. The molecule has 0 aliphatic carbocycles. The van der Waals surface area contributed by atoms with Crippen LogP contribution in [0, 0.1) is 0 Å².